The molecule has 29 heavy (non-hydrogen) atoms. The second-order valence-electron chi connectivity index (χ2n) is 8.52. The molecule has 3 rings (SSSR count). The Kier molecular flexibility index (Phi) is 6.33. The number of aryl methyl sites for hydroxylation is 1. The van der Waals surface area contributed by atoms with Crippen molar-refractivity contribution in [2.45, 2.75) is 57.0 Å². The zero-order chi connectivity index (χ0) is 21.3. The predicted molar refractivity (Wildman–Crippen MR) is 110 cm³/mol. The van der Waals surface area contributed by atoms with E-state index in [0.29, 0.717) is 23.9 Å². The van der Waals surface area contributed by atoms with Gasteiger partial charge in [0.15, 0.2) is 6.10 Å². The van der Waals surface area contributed by atoms with Gasteiger partial charge in [0.25, 0.3) is 5.91 Å². The average molecular weight is 423 g/mol. The lowest BCUT2D eigenvalue weighted by Crippen LogP contribution is -2.31. The first-order valence-electron chi connectivity index (χ1n) is 10.1. The molecule has 0 spiro atoms. The smallest absolute Gasteiger partial charge is 0.306 e. The second kappa shape index (κ2) is 8.44. The standard InChI is InChI=1S/C21H30N2O5S/c1-13-5-8-18(29(26,27)23(3)4)12-19(13)22-21(25)14(2)28-20(24)11-17-10-15-6-7-16(17)9-15/h5,8,12,14-17H,6-7,9-11H2,1-4H3,(H,22,25)/t14-,15-,16-,17+/m0/s1. The van der Waals surface area contributed by atoms with Crippen LogP contribution in [0.2, 0.25) is 0 Å². The Hall–Kier alpha value is -1.93. The molecule has 0 heterocycles. The highest BCUT2D eigenvalue weighted by atomic mass is 32.2. The summed E-state index contributed by atoms with van der Waals surface area (Å²) in [5.41, 5.74) is 1.10. The Balaban J connectivity index is 1.60. The highest BCUT2D eigenvalue weighted by molar-refractivity contribution is 7.89. The number of sulfonamides is 1. The molecule has 0 aliphatic heterocycles. The van der Waals surface area contributed by atoms with E-state index in [4.69, 9.17) is 4.74 Å². The van der Waals surface area contributed by atoms with Crippen LogP contribution in [0.4, 0.5) is 5.69 Å². The number of carbonyl (C=O) groups is 2. The van der Waals surface area contributed by atoms with E-state index in [-0.39, 0.29) is 10.9 Å². The number of rotatable bonds is 7. The lowest BCUT2D eigenvalue weighted by molar-refractivity contribution is -0.154. The molecule has 0 aromatic heterocycles. The first-order chi connectivity index (χ1) is 13.6. The van der Waals surface area contributed by atoms with Gasteiger partial charge in [0.05, 0.1) is 4.90 Å². The number of benzene rings is 1. The molecule has 2 aliphatic carbocycles. The van der Waals surface area contributed by atoms with Crippen molar-refractivity contribution < 1.29 is 22.7 Å². The summed E-state index contributed by atoms with van der Waals surface area (Å²) in [6.07, 6.45) is 4.20. The maximum absolute atomic E-state index is 12.5. The summed E-state index contributed by atoms with van der Waals surface area (Å²) in [5, 5.41) is 2.69. The minimum atomic E-state index is -3.61. The van der Waals surface area contributed by atoms with Crippen molar-refractivity contribution in [2.24, 2.45) is 17.8 Å². The van der Waals surface area contributed by atoms with Crippen LogP contribution < -0.4 is 5.32 Å². The molecule has 1 aromatic carbocycles. The van der Waals surface area contributed by atoms with Gasteiger partial charge in [-0.1, -0.05) is 12.5 Å². The van der Waals surface area contributed by atoms with E-state index in [1.54, 1.807) is 13.0 Å². The van der Waals surface area contributed by atoms with E-state index in [1.165, 1.54) is 52.4 Å². The number of carbonyl (C=O) groups excluding carboxylic acids is 2. The van der Waals surface area contributed by atoms with Crippen molar-refractivity contribution in [3.05, 3.63) is 23.8 Å². The van der Waals surface area contributed by atoms with Crippen molar-refractivity contribution in [1.82, 2.24) is 4.31 Å². The number of hydrogen-bond donors (Lipinski definition) is 1. The van der Waals surface area contributed by atoms with Crippen LogP contribution in [0.15, 0.2) is 23.1 Å². The summed E-state index contributed by atoms with van der Waals surface area (Å²) in [6, 6.07) is 4.56. The molecule has 0 saturated heterocycles. The summed E-state index contributed by atoms with van der Waals surface area (Å²) < 4.78 is 31.1. The number of ether oxygens (including phenoxy) is 1. The molecule has 4 atom stereocenters. The third kappa shape index (κ3) is 4.80. The van der Waals surface area contributed by atoms with Gasteiger partial charge in [-0.25, -0.2) is 12.7 Å². The van der Waals surface area contributed by atoms with Gasteiger partial charge in [-0.2, -0.15) is 0 Å². The third-order valence-electron chi connectivity index (χ3n) is 6.24. The molecule has 2 fully saturated rings. The maximum Gasteiger partial charge on any atom is 0.306 e. The number of nitrogens with zero attached hydrogens (tertiary/aromatic N) is 1. The summed E-state index contributed by atoms with van der Waals surface area (Å²) >= 11 is 0. The van der Waals surface area contributed by atoms with Gasteiger partial charge in [-0.15, -0.1) is 0 Å². The summed E-state index contributed by atoms with van der Waals surface area (Å²) in [4.78, 5) is 24.9. The summed E-state index contributed by atoms with van der Waals surface area (Å²) in [6.45, 7) is 3.30. The highest BCUT2D eigenvalue weighted by Gasteiger charge is 2.40. The number of hydrogen-bond acceptors (Lipinski definition) is 5. The van der Waals surface area contributed by atoms with Crippen molar-refractivity contribution in [3.63, 3.8) is 0 Å². The Morgan fingerprint density at radius 2 is 1.97 bits per heavy atom. The SMILES string of the molecule is Cc1ccc(S(=O)(=O)N(C)C)cc1NC(=O)[C@H](C)OC(=O)C[C@H]1C[C@H]2CC[C@H]1C2. The minimum absolute atomic E-state index is 0.0873. The molecule has 0 unspecified atom stereocenters. The fourth-order valence-corrected chi connectivity index (χ4v) is 5.41. The van der Waals surface area contributed by atoms with Crippen molar-refractivity contribution >= 4 is 27.6 Å². The second-order valence-corrected chi connectivity index (χ2v) is 10.7. The van der Waals surface area contributed by atoms with Crippen LogP contribution in [0.25, 0.3) is 0 Å². The fraction of sp³-hybridized carbons (Fsp3) is 0.619. The van der Waals surface area contributed by atoms with Crippen LogP contribution in [0.3, 0.4) is 0 Å². The normalized spacial score (nSPS) is 24.5. The topological polar surface area (TPSA) is 92.8 Å². The van der Waals surface area contributed by atoms with Gasteiger partial charge in [0.1, 0.15) is 0 Å². The Bertz CT molecular complexity index is 896. The molecule has 2 bridgehead atoms. The number of amides is 1. The van der Waals surface area contributed by atoms with E-state index >= 15 is 0 Å². The predicted octanol–water partition coefficient (Wildman–Crippen LogP) is 2.94. The maximum atomic E-state index is 12.5. The third-order valence-corrected chi connectivity index (χ3v) is 8.05. The summed E-state index contributed by atoms with van der Waals surface area (Å²) in [7, 11) is -0.713. The van der Waals surface area contributed by atoms with E-state index in [9.17, 15) is 18.0 Å². The van der Waals surface area contributed by atoms with Crippen LogP contribution >= 0.6 is 0 Å². The zero-order valence-electron chi connectivity index (χ0n) is 17.5. The monoisotopic (exact) mass is 422 g/mol. The molecule has 1 amide bonds. The largest absolute Gasteiger partial charge is 0.453 e. The van der Waals surface area contributed by atoms with Crippen LogP contribution in [-0.2, 0) is 24.3 Å². The van der Waals surface area contributed by atoms with E-state index in [0.717, 1.165) is 22.2 Å². The lowest BCUT2D eigenvalue weighted by Gasteiger charge is -2.21. The Labute approximate surface area is 172 Å². The molecule has 1 aromatic rings. The molecule has 1 N–H and O–H groups in total. The minimum Gasteiger partial charge on any atom is -0.453 e. The molecule has 8 heteroatoms. The van der Waals surface area contributed by atoms with Crippen molar-refractivity contribution in [2.75, 3.05) is 19.4 Å². The Morgan fingerprint density at radius 1 is 1.24 bits per heavy atom. The van der Waals surface area contributed by atoms with Crippen LogP contribution in [0, 0.1) is 24.7 Å². The Morgan fingerprint density at radius 3 is 2.55 bits per heavy atom. The molecule has 2 saturated carbocycles. The van der Waals surface area contributed by atoms with Crippen LogP contribution in [-0.4, -0.2) is 44.8 Å². The fourth-order valence-electron chi connectivity index (χ4n) is 4.48. The average Bonchev–Trinajstić information content (AvgIpc) is 3.25. The van der Waals surface area contributed by atoms with E-state index in [1.807, 2.05) is 0 Å². The first-order valence-corrected chi connectivity index (χ1v) is 11.6. The molecule has 7 nitrogen and oxygen atoms in total. The van der Waals surface area contributed by atoms with Crippen molar-refractivity contribution in [1.29, 1.82) is 0 Å². The van der Waals surface area contributed by atoms with Crippen molar-refractivity contribution in [3.8, 4) is 0 Å². The molecule has 160 valence electrons. The number of nitrogens with one attached hydrogen (secondary N) is 1. The van der Waals surface area contributed by atoms with Crippen LogP contribution in [0.5, 0.6) is 0 Å². The van der Waals surface area contributed by atoms with Gasteiger partial charge in [-0.05, 0) is 68.6 Å². The van der Waals surface area contributed by atoms with Gasteiger partial charge in [0, 0.05) is 26.2 Å². The number of esters is 1. The lowest BCUT2D eigenvalue weighted by atomic mass is 9.86. The van der Waals surface area contributed by atoms with Gasteiger partial charge < -0.3 is 10.1 Å². The highest BCUT2D eigenvalue weighted by Crippen LogP contribution is 2.49. The zero-order valence-corrected chi connectivity index (χ0v) is 18.3. The molecule has 0 radical (unpaired) electrons. The first kappa shape index (κ1) is 21.8. The summed E-state index contributed by atoms with van der Waals surface area (Å²) in [5.74, 6) is 0.944. The van der Waals surface area contributed by atoms with Gasteiger partial charge >= 0.3 is 5.97 Å². The van der Waals surface area contributed by atoms with E-state index < -0.39 is 22.0 Å². The van der Waals surface area contributed by atoms with Gasteiger partial charge in [-0.3, -0.25) is 9.59 Å². The quantitative estimate of drug-likeness (QED) is 0.682. The molecular formula is C21H30N2O5S. The van der Waals surface area contributed by atoms with Gasteiger partial charge in [0.2, 0.25) is 10.0 Å². The van der Waals surface area contributed by atoms with E-state index in [2.05, 4.69) is 5.32 Å². The molecular weight excluding hydrogens is 392 g/mol. The molecule has 2 aliphatic rings. The number of fused-ring (bicyclic) bond motifs is 2. The number of anilines is 1. The van der Waals surface area contributed by atoms with Crippen LogP contribution in [0.1, 0.15) is 44.6 Å².